The van der Waals surface area contributed by atoms with E-state index in [0.717, 1.165) is 12.1 Å². The van der Waals surface area contributed by atoms with Gasteiger partial charge in [-0.2, -0.15) is 18.4 Å². The summed E-state index contributed by atoms with van der Waals surface area (Å²) in [6, 6.07) is 5.03. The van der Waals surface area contributed by atoms with Crippen LogP contribution in [-0.4, -0.2) is 0 Å². The Balaban J connectivity index is 3.44. The zero-order valence-corrected chi connectivity index (χ0v) is 6.89. The first-order valence-corrected chi connectivity index (χ1v) is 3.57. The van der Waals surface area contributed by atoms with Crippen molar-refractivity contribution in [1.82, 2.24) is 0 Å². The summed E-state index contributed by atoms with van der Waals surface area (Å²) in [5, 5.41) is 8.48. The molecule has 0 amide bonds. The van der Waals surface area contributed by atoms with Gasteiger partial charge in [-0.25, -0.2) is 0 Å². The van der Waals surface area contributed by atoms with Crippen molar-refractivity contribution in [2.45, 2.75) is 6.18 Å². The maximum atomic E-state index is 12.4. The van der Waals surface area contributed by atoms with Gasteiger partial charge < -0.3 is 5.43 Å². The number of halogens is 3. The summed E-state index contributed by atoms with van der Waals surface area (Å²) in [6.45, 7) is 0. The first-order chi connectivity index (χ1) is 6.50. The number of nitrogens with one attached hydrogen (secondary N) is 1. The van der Waals surface area contributed by atoms with Crippen LogP contribution in [0.15, 0.2) is 18.2 Å². The van der Waals surface area contributed by atoms with Crippen molar-refractivity contribution < 1.29 is 13.2 Å². The first kappa shape index (κ1) is 10.3. The van der Waals surface area contributed by atoms with E-state index in [9.17, 15) is 13.2 Å². The molecule has 14 heavy (non-hydrogen) atoms. The van der Waals surface area contributed by atoms with Gasteiger partial charge >= 0.3 is 6.18 Å². The molecule has 0 saturated heterocycles. The molecule has 1 aromatic carbocycles. The topological polar surface area (TPSA) is 61.8 Å². The summed E-state index contributed by atoms with van der Waals surface area (Å²) in [5.74, 6) is 4.91. The molecular weight excluding hydrogens is 195 g/mol. The van der Waals surface area contributed by atoms with Crippen molar-refractivity contribution in [3.63, 3.8) is 0 Å². The summed E-state index contributed by atoms with van der Waals surface area (Å²) in [5.41, 5.74) is 0.109. The molecule has 6 heteroatoms. The molecule has 0 fully saturated rings. The van der Waals surface area contributed by atoms with Crippen molar-refractivity contribution in [1.29, 1.82) is 5.26 Å². The van der Waals surface area contributed by atoms with E-state index in [0.29, 0.717) is 0 Å². The van der Waals surface area contributed by atoms with Gasteiger partial charge in [0.15, 0.2) is 0 Å². The Morgan fingerprint density at radius 3 is 2.43 bits per heavy atom. The summed E-state index contributed by atoms with van der Waals surface area (Å²) in [6.07, 6.45) is -4.59. The minimum Gasteiger partial charge on any atom is -0.323 e. The third kappa shape index (κ3) is 1.78. The molecule has 3 N–H and O–H groups in total. The molecule has 1 aromatic rings. The van der Waals surface area contributed by atoms with Gasteiger partial charge in [-0.15, -0.1) is 0 Å². The van der Waals surface area contributed by atoms with Crippen molar-refractivity contribution in [3.8, 4) is 6.07 Å². The fraction of sp³-hybridized carbons (Fsp3) is 0.125. The molecule has 74 valence electrons. The predicted octanol–water partition coefficient (Wildman–Crippen LogP) is 1.86. The van der Waals surface area contributed by atoms with Gasteiger partial charge in [0.1, 0.15) is 0 Å². The second-order valence-electron chi connectivity index (χ2n) is 2.48. The van der Waals surface area contributed by atoms with Gasteiger partial charge in [-0.1, -0.05) is 6.07 Å². The van der Waals surface area contributed by atoms with Crippen molar-refractivity contribution in [2.75, 3.05) is 5.43 Å². The monoisotopic (exact) mass is 201 g/mol. The second-order valence-corrected chi connectivity index (χ2v) is 2.48. The second kappa shape index (κ2) is 3.55. The Kier molecular flexibility index (Phi) is 2.63. The van der Waals surface area contributed by atoms with E-state index in [1.807, 2.05) is 5.43 Å². The number of benzene rings is 1. The molecule has 0 aliphatic carbocycles. The van der Waals surface area contributed by atoms with Gasteiger partial charge in [-0.3, -0.25) is 5.84 Å². The average molecular weight is 201 g/mol. The van der Waals surface area contributed by atoms with E-state index in [-0.39, 0.29) is 5.69 Å². The largest absolute Gasteiger partial charge is 0.419 e. The van der Waals surface area contributed by atoms with Crippen LogP contribution in [0.3, 0.4) is 0 Å². The van der Waals surface area contributed by atoms with Crippen molar-refractivity contribution in [3.05, 3.63) is 29.3 Å². The average Bonchev–Trinajstić information content (AvgIpc) is 2.15. The Hall–Kier alpha value is -1.74. The molecule has 0 atom stereocenters. The summed E-state index contributed by atoms with van der Waals surface area (Å²) in [7, 11) is 0. The highest BCUT2D eigenvalue weighted by Gasteiger charge is 2.36. The van der Waals surface area contributed by atoms with E-state index in [1.54, 1.807) is 0 Å². The van der Waals surface area contributed by atoms with Crippen LogP contribution in [0.5, 0.6) is 0 Å². The molecule has 0 unspecified atom stereocenters. The van der Waals surface area contributed by atoms with E-state index < -0.39 is 17.3 Å². The molecule has 0 aliphatic heterocycles. The molecule has 0 aliphatic rings. The smallest absolute Gasteiger partial charge is 0.323 e. The van der Waals surface area contributed by atoms with Crippen LogP contribution in [-0.2, 0) is 6.18 Å². The minimum absolute atomic E-state index is 0.309. The number of rotatable bonds is 1. The number of alkyl halides is 3. The standard InChI is InChI=1S/C8H6F3N3/c9-8(10,11)7-5(4-12)2-1-3-6(7)14-13/h1-3,14H,13H2. The number of hydrogen-bond donors (Lipinski definition) is 2. The van der Waals surface area contributed by atoms with Gasteiger partial charge in [0.25, 0.3) is 0 Å². The number of nitrogens with zero attached hydrogens (tertiary/aromatic N) is 1. The minimum atomic E-state index is -4.59. The Morgan fingerprint density at radius 2 is 2.00 bits per heavy atom. The molecule has 0 aromatic heterocycles. The lowest BCUT2D eigenvalue weighted by Gasteiger charge is -2.13. The lowest BCUT2D eigenvalue weighted by molar-refractivity contribution is -0.137. The maximum absolute atomic E-state index is 12.4. The SMILES string of the molecule is N#Cc1cccc(NN)c1C(F)(F)F. The lowest BCUT2D eigenvalue weighted by atomic mass is 10.1. The number of anilines is 1. The quantitative estimate of drug-likeness (QED) is 0.538. The molecule has 0 heterocycles. The fourth-order valence-electron chi connectivity index (χ4n) is 1.07. The van der Waals surface area contributed by atoms with E-state index in [2.05, 4.69) is 0 Å². The van der Waals surface area contributed by atoms with Crippen LogP contribution in [0, 0.1) is 11.3 Å². The highest BCUT2D eigenvalue weighted by Crippen LogP contribution is 2.36. The fourth-order valence-corrected chi connectivity index (χ4v) is 1.07. The lowest BCUT2D eigenvalue weighted by Crippen LogP contribution is -2.16. The molecule has 3 nitrogen and oxygen atoms in total. The Labute approximate surface area is 77.9 Å². The molecule has 0 radical (unpaired) electrons. The third-order valence-corrected chi connectivity index (χ3v) is 1.62. The summed E-state index contributed by atoms with van der Waals surface area (Å²) >= 11 is 0. The summed E-state index contributed by atoms with van der Waals surface area (Å²) in [4.78, 5) is 0. The highest BCUT2D eigenvalue weighted by molar-refractivity contribution is 5.58. The van der Waals surface area contributed by atoms with Crippen LogP contribution < -0.4 is 11.3 Å². The van der Waals surface area contributed by atoms with Crippen LogP contribution in [0.2, 0.25) is 0 Å². The zero-order valence-electron chi connectivity index (χ0n) is 6.89. The molecule has 1 rings (SSSR count). The van der Waals surface area contributed by atoms with Crippen molar-refractivity contribution in [2.24, 2.45) is 5.84 Å². The van der Waals surface area contributed by atoms with Gasteiger partial charge in [0, 0.05) is 0 Å². The first-order valence-electron chi connectivity index (χ1n) is 3.57. The summed E-state index contributed by atoms with van der Waals surface area (Å²) < 4.78 is 37.3. The van der Waals surface area contributed by atoms with E-state index in [4.69, 9.17) is 11.1 Å². The van der Waals surface area contributed by atoms with Gasteiger partial charge in [0.05, 0.1) is 22.9 Å². The van der Waals surface area contributed by atoms with Crippen molar-refractivity contribution >= 4 is 5.69 Å². The number of nitrogens with two attached hydrogens (primary N) is 1. The van der Waals surface area contributed by atoms with Crippen LogP contribution in [0.4, 0.5) is 18.9 Å². The van der Waals surface area contributed by atoms with E-state index in [1.165, 1.54) is 12.1 Å². The molecular formula is C8H6F3N3. The Bertz CT molecular complexity index is 378. The molecule has 0 bridgehead atoms. The zero-order chi connectivity index (χ0) is 10.8. The number of hydrazine groups is 1. The number of hydrogen-bond acceptors (Lipinski definition) is 3. The van der Waals surface area contributed by atoms with Crippen LogP contribution >= 0.6 is 0 Å². The van der Waals surface area contributed by atoms with Crippen LogP contribution in [0.25, 0.3) is 0 Å². The number of nitrogen functional groups attached to an aromatic ring is 1. The highest BCUT2D eigenvalue weighted by atomic mass is 19.4. The maximum Gasteiger partial charge on any atom is 0.419 e. The number of nitriles is 1. The van der Waals surface area contributed by atoms with Crippen LogP contribution in [0.1, 0.15) is 11.1 Å². The van der Waals surface area contributed by atoms with Gasteiger partial charge in [0.2, 0.25) is 0 Å². The predicted molar refractivity (Wildman–Crippen MR) is 44.0 cm³/mol. The van der Waals surface area contributed by atoms with Gasteiger partial charge in [-0.05, 0) is 12.1 Å². The molecule has 0 spiro atoms. The Morgan fingerprint density at radius 1 is 1.36 bits per heavy atom. The molecule has 0 saturated carbocycles. The third-order valence-electron chi connectivity index (χ3n) is 1.62. The van der Waals surface area contributed by atoms with E-state index >= 15 is 0 Å². The normalized spacial score (nSPS) is 10.8.